The van der Waals surface area contributed by atoms with Crippen LogP contribution in [0, 0.1) is 0 Å². The van der Waals surface area contributed by atoms with Crippen LogP contribution in [-0.2, 0) is 11.3 Å². The molecule has 1 heterocycles. The molecule has 0 aliphatic carbocycles. The molecule has 1 saturated heterocycles. The van der Waals surface area contributed by atoms with Gasteiger partial charge >= 0.3 is 51.4 Å². The molecule has 1 aliphatic rings. The summed E-state index contributed by atoms with van der Waals surface area (Å²) < 4.78 is 0. The minimum Gasteiger partial charge on any atom is -0.550 e. The third-order valence-electron chi connectivity index (χ3n) is 2.74. The first-order valence-electron chi connectivity index (χ1n) is 5.23. The van der Waals surface area contributed by atoms with Crippen LogP contribution in [0.4, 0.5) is 0 Å². The van der Waals surface area contributed by atoms with E-state index >= 15 is 0 Å². The molecule has 3 nitrogen and oxygen atoms in total. The molecule has 0 saturated carbocycles. The maximum atomic E-state index is 10.3. The van der Waals surface area contributed by atoms with Gasteiger partial charge in [-0.05, 0) is 18.4 Å². The largest absolute Gasteiger partial charge is 1.00 e. The number of carboxylic acid groups (broad SMARTS) is 1. The molecule has 0 N–H and O–H groups in total. The molecule has 0 amide bonds. The summed E-state index contributed by atoms with van der Waals surface area (Å²) in [5, 5.41) is 10.3. The second-order valence-electron chi connectivity index (χ2n) is 3.98. The molecular formula is C12H14KNO2. The Morgan fingerprint density at radius 1 is 1.38 bits per heavy atom. The van der Waals surface area contributed by atoms with E-state index in [4.69, 9.17) is 0 Å². The van der Waals surface area contributed by atoms with Crippen molar-refractivity contribution in [3.8, 4) is 0 Å². The topological polar surface area (TPSA) is 43.1 Å². The van der Waals surface area contributed by atoms with Crippen molar-refractivity contribution < 1.29 is 61.3 Å². The minimum atomic E-state index is -0.943. The molecule has 0 spiro atoms. The number of aliphatic carboxylic acids is 1. The second-order valence-corrected chi connectivity index (χ2v) is 3.98. The Kier molecular flexibility index (Phi) is 6.17. The van der Waals surface area contributed by atoms with Crippen molar-refractivity contribution in [3.05, 3.63) is 35.9 Å². The maximum Gasteiger partial charge on any atom is 1.00 e. The number of carboxylic acids is 1. The molecule has 16 heavy (non-hydrogen) atoms. The molecule has 1 aromatic carbocycles. The summed E-state index contributed by atoms with van der Waals surface area (Å²) in [6, 6.07) is 10.7. The SMILES string of the molecule is O=C([O-])CCC1CN1Cc1ccccc1.[K+]. The molecule has 1 aliphatic heterocycles. The van der Waals surface area contributed by atoms with E-state index in [0.29, 0.717) is 6.04 Å². The molecule has 1 fully saturated rings. The zero-order valence-corrected chi connectivity index (χ0v) is 12.7. The first-order chi connectivity index (χ1) is 7.25. The van der Waals surface area contributed by atoms with Crippen molar-refractivity contribution in [3.63, 3.8) is 0 Å². The van der Waals surface area contributed by atoms with Gasteiger partial charge in [-0.25, -0.2) is 0 Å². The molecule has 0 aromatic heterocycles. The molecule has 2 atom stereocenters. The van der Waals surface area contributed by atoms with Crippen molar-refractivity contribution in [2.75, 3.05) is 6.54 Å². The van der Waals surface area contributed by atoms with Crippen LogP contribution in [0.2, 0.25) is 0 Å². The van der Waals surface area contributed by atoms with Crippen LogP contribution in [0.1, 0.15) is 18.4 Å². The van der Waals surface area contributed by atoms with Crippen LogP contribution in [-0.4, -0.2) is 23.5 Å². The zero-order chi connectivity index (χ0) is 10.7. The second kappa shape index (κ2) is 6.89. The van der Waals surface area contributed by atoms with Crippen LogP contribution < -0.4 is 56.5 Å². The average Bonchev–Trinajstić information content (AvgIpc) is 2.95. The predicted molar refractivity (Wildman–Crippen MR) is 54.9 cm³/mol. The third kappa shape index (κ3) is 4.65. The van der Waals surface area contributed by atoms with Gasteiger partial charge in [0.05, 0.1) is 0 Å². The van der Waals surface area contributed by atoms with Crippen molar-refractivity contribution >= 4 is 5.97 Å². The van der Waals surface area contributed by atoms with Gasteiger partial charge in [0.1, 0.15) is 0 Å². The third-order valence-corrected chi connectivity index (χ3v) is 2.74. The number of carbonyl (C=O) groups excluding carboxylic acids is 1. The number of benzene rings is 1. The Hall–Kier alpha value is 0.286. The number of rotatable bonds is 5. The molecular weight excluding hydrogens is 229 g/mol. The van der Waals surface area contributed by atoms with Gasteiger partial charge in [0.25, 0.3) is 0 Å². The summed E-state index contributed by atoms with van der Waals surface area (Å²) in [5.74, 6) is -0.943. The van der Waals surface area contributed by atoms with Gasteiger partial charge in [-0.15, -0.1) is 0 Å². The summed E-state index contributed by atoms with van der Waals surface area (Å²) in [5.41, 5.74) is 1.29. The number of carbonyl (C=O) groups is 1. The van der Waals surface area contributed by atoms with E-state index in [0.717, 1.165) is 19.5 Å². The Balaban J connectivity index is 0.00000128. The molecule has 1 aromatic rings. The fraction of sp³-hybridized carbons (Fsp3) is 0.417. The average molecular weight is 243 g/mol. The van der Waals surface area contributed by atoms with Crippen LogP contribution in [0.15, 0.2) is 30.3 Å². The molecule has 0 radical (unpaired) electrons. The number of hydrogen-bond donors (Lipinski definition) is 0. The van der Waals surface area contributed by atoms with Gasteiger partial charge in [0.15, 0.2) is 0 Å². The summed E-state index contributed by atoms with van der Waals surface area (Å²) in [6.45, 7) is 1.95. The molecule has 2 rings (SSSR count). The predicted octanol–water partition coefficient (Wildman–Crippen LogP) is -2.60. The van der Waals surface area contributed by atoms with E-state index in [2.05, 4.69) is 17.0 Å². The number of nitrogens with zero attached hydrogens (tertiary/aromatic N) is 1. The summed E-state index contributed by atoms with van der Waals surface area (Å²) >= 11 is 0. The fourth-order valence-corrected chi connectivity index (χ4v) is 1.79. The summed E-state index contributed by atoms with van der Waals surface area (Å²) in [6.07, 6.45) is 0.894. The van der Waals surface area contributed by atoms with Crippen molar-refractivity contribution in [1.29, 1.82) is 0 Å². The Morgan fingerprint density at radius 3 is 2.69 bits per heavy atom. The normalized spacial score (nSPS) is 22.2. The van der Waals surface area contributed by atoms with Crippen LogP contribution in [0.25, 0.3) is 0 Å². The molecule has 2 unspecified atom stereocenters. The van der Waals surface area contributed by atoms with Crippen LogP contribution >= 0.6 is 0 Å². The molecule has 0 bridgehead atoms. The fourth-order valence-electron chi connectivity index (χ4n) is 1.79. The van der Waals surface area contributed by atoms with E-state index in [1.54, 1.807) is 0 Å². The first kappa shape index (κ1) is 14.3. The van der Waals surface area contributed by atoms with E-state index in [-0.39, 0.29) is 57.8 Å². The van der Waals surface area contributed by atoms with Gasteiger partial charge in [-0.2, -0.15) is 0 Å². The van der Waals surface area contributed by atoms with Gasteiger partial charge in [-0.3, -0.25) is 4.90 Å². The zero-order valence-electron chi connectivity index (χ0n) is 9.56. The van der Waals surface area contributed by atoms with Crippen molar-refractivity contribution in [2.24, 2.45) is 0 Å². The molecule has 4 heteroatoms. The molecule has 80 valence electrons. The smallest absolute Gasteiger partial charge is 0.550 e. The van der Waals surface area contributed by atoms with E-state index in [1.807, 2.05) is 18.2 Å². The van der Waals surface area contributed by atoms with Gasteiger partial charge < -0.3 is 9.90 Å². The number of hydrogen-bond acceptors (Lipinski definition) is 3. The quantitative estimate of drug-likeness (QED) is 0.421. The standard InChI is InChI=1S/C12H15NO2.K/c14-12(15)7-6-11-9-13(11)8-10-4-2-1-3-5-10;/h1-5,11H,6-9H2,(H,14,15);/q;+1/p-1. The van der Waals surface area contributed by atoms with Gasteiger partial charge in [0.2, 0.25) is 0 Å². The van der Waals surface area contributed by atoms with Crippen molar-refractivity contribution in [2.45, 2.75) is 25.4 Å². The monoisotopic (exact) mass is 243 g/mol. The Morgan fingerprint density at radius 2 is 2.06 bits per heavy atom. The van der Waals surface area contributed by atoms with E-state index in [1.165, 1.54) is 5.56 Å². The Bertz CT molecular complexity index is 342. The van der Waals surface area contributed by atoms with Gasteiger partial charge in [-0.1, -0.05) is 30.3 Å². The van der Waals surface area contributed by atoms with Crippen LogP contribution in [0.3, 0.4) is 0 Å². The van der Waals surface area contributed by atoms with Gasteiger partial charge in [0, 0.05) is 25.1 Å². The Labute approximate surface area is 138 Å². The maximum absolute atomic E-state index is 10.3. The van der Waals surface area contributed by atoms with Crippen molar-refractivity contribution in [1.82, 2.24) is 4.90 Å². The summed E-state index contributed by atoms with van der Waals surface area (Å²) in [7, 11) is 0. The van der Waals surface area contributed by atoms with E-state index < -0.39 is 5.97 Å². The van der Waals surface area contributed by atoms with Crippen LogP contribution in [0.5, 0.6) is 0 Å². The minimum absolute atomic E-state index is 0. The summed E-state index contributed by atoms with van der Waals surface area (Å²) in [4.78, 5) is 12.5. The van der Waals surface area contributed by atoms with E-state index in [9.17, 15) is 9.90 Å². The first-order valence-corrected chi connectivity index (χ1v) is 5.23.